The minimum Gasteiger partial charge on any atom is -0.508 e. The van der Waals surface area contributed by atoms with Crippen LogP contribution >= 0.6 is 11.8 Å². The fourth-order valence-corrected chi connectivity index (χ4v) is 3.02. The third-order valence-corrected chi connectivity index (χ3v) is 4.37. The number of amides is 1. The van der Waals surface area contributed by atoms with Gasteiger partial charge in [-0.1, -0.05) is 42.5 Å². The molecule has 7 heteroatoms. The van der Waals surface area contributed by atoms with Gasteiger partial charge in [0.15, 0.2) is 0 Å². The van der Waals surface area contributed by atoms with Gasteiger partial charge in [0.2, 0.25) is 0 Å². The van der Waals surface area contributed by atoms with Crippen molar-refractivity contribution < 1.29 is 24.5 Å². The highest BCUT2D eigenvalue weighted by Gasteiger charge is 2.20. The number of thioether (sulfide) groups is 1. The van der Waals surface area contributed by atoms with Gasteiger partial charge in [-0.2, -0.15) is 11.8 Å². The number of carboxylic acid groups (broad SMARTS) is 1. The average molecular weight is 361 g/mol. The highest BCUT2D eigenvalue weighted by Crippen LogP contribution is 2.17. The van der Waals surface area contributed by atoms with Gasteiger partial charge < -0.3 is 20.3 Å². The van der Waals surface area contributed by atoms with E-state index in [1.807, 2.05) is 36.4 Å². The minimum absolute atomic E-state index is 0.0788. The number of benzene rings is 2. The van der Waals surface area contributed by atoms with Crippen molar-refractivity contribution in [2.45, 2.75) is 18.4 Å². The lowest BCUT2D eigenvalue weighted by atomic mass is 10.2. The first-order valence-electron chi connectivity index (χ1n) is 7.60. The second-order valence-electron chi connectivity index (χ2n) is 5.28. The van der Waals surface area contributed by atoms with Gasteiger partial charge in [0, 0.05) is 11.5 Å². The Morgan fingerprint density at radius 2 is 1.80 bits per heavy atom. The molecule has 1 atom stereocenters. The number of hydrogen-bond donors (Lipinski definition) is 3. The number of carbonyl (C=O) groups excluding carboxylic acids is 1. The fourth-order valence-electron chi connectivity index (χ4n) is 2.02. The maximum Gasteiger partial charge on any atom is 0.408 e. The molecule has 1 unspecified atom stereocenters. The van der Waals surface area contributed by atoms with Gasteiger partial charge in [0.05, 0.1) is 0 Å². The number of hydrogen-bond acceptors (Lipinski definition) is 5. The van der Waals surface area contributed by atoms with Crippen LogP contribution in [0.25, 0.3) is 0 Å². The van der Waals surface area contributed by atoms with Crippen molar-refractivity contribution in [3.63, 3.8) is 0 Å². The van der Waals surface area contributed by atoms with E-state index in [9.17, 15) is 19.8 Å². The standard InChI is InChI=1S/C18H19NO5S/c20-15-8-4-7-14(9-15)11-25-12-16(17(21)22)19-18(23)24-10-13-5-2-1-3-6-13/h1-9,16,20H,10-12H2,(H,19,23)(H,21,22). The van der Waals surface area contributed by atoms with Crippen molar-refractivity contribution in [3.8, 4) is 5.75 Å². The number of carboxylic acids is 1. The number of ether oxygens (including phenoxy) is 1. The first kappa shape index (κ1) is 18.7. The zero-order valence-electron chi connectivity index (χ0n) is 13.4. The summed E-state index contributed by atoms with van der Waals surface area (Å²) in [6.45, 7) is 0.0788. The van der Waals surface area contributed by atoms with E-state index in [1.165, 1.54) is 11.8 Å². The second-order valence-corrected chi connectivity index (χ2v) is 6.31. The van der Waals surface area contributed by atoms with E-state index in [0.717, 1.165) is 11.1 Å². The van der Waals surface area contributed by atoms with Gasteiger partial charge in [-0.05, 0) is 23.3 Å². The van der Waals surface area contributed by atoms with Crippen molar-refractivity contribution in [1.29, 1.82) is 0 Å². The summed E-state index contributed by atoms with van der Waals surface area (Å²) in [6.07, 6.45) is -0.769. The Labute approximate surface area is 149 Å². The normalized spacial score (nSPS) is 11.5. The summed E-state index contributed by atoms with van der Waals surface area (Å²) in [7, 11) is 0. The summed E-state index contributed by atoms with van der Waals surface area (Å²) in [4.78, 5) is 23.1. The molecule has 0 heterocycles. The largest absolute Gasteiger partial charge is 0.508 e. The summed E-state index contributed by atoms with van der Waals surface area (Å²) in [5, 5.41) is 21.0. The van der Waals surface area contributed by atoms with Gasteiger partial charge in [-0.3, -0.25) is 0 Å². The Balaban J connectivity index is 1.77. The third-order valence-electron chi connectivity index (χ3n) is 3.27. The van der Waals surface area contributed by atoms with Crippen molar-refractivity contribution in [2.75, 3.05) is 5.75 Å². The lowest BCUT2D eigenvalue weighted by molar-refractivity contribution is -0.138. The molecular weight excluding hydrogens is 342 g/mol. The van der Waals surface area contributed by atoms with Gasteiger partial charge in [-0.25, -0.2) is 9.59 Å². The highest BCUT2D eigenvalue weighted by atomic mass is 32.2. The summed E-state index contributed by atoms with van der Waals surface area (Å²) in [6, 6.07) is 14.8. The molecule has 2 aromatic carbocycles. The number of aliphatic carboxylic acids is 1. The zero-order chi connectivity index (χ0) is 18.1. The number of nitrogens with one attached hydrogen (secondary N) is 1. The van der Waals surface area contributed by atoms with Crippen LogP contribution in [0.4, 0.5) is 4.79 Å². The number of rotatable bonds is 8. The second kappa shape index (κ2) is 9.58. The van der Waals surface area contributed by atoms with Crippen LogP contribution in [0.15, 0.2) is 54.6 Å². The molecule has 0 saturated heterocycles. The van der Waals surface area contributed by atoms with E-state index in [0.29, 0.717) is 5.75 Å². The van der Waals surface area contributed by atoms with Gasteiger partial charge in [0.25, 0.3) is 0 Å². The molecule has 1 amide bonds. The SMILES string of the molecule is O=C(NC(CSCc1cccc(O)c1)C(=O)O)OCc1ccccc1. The first-order chi connectivity index (χ1) is 12.0. The lowest BCUT2D eigenvalue weighted by Crippen LogP contribution is -2.42. The Morgan fingerprint density at radius 1 is 1.08 bits per heavy atom. The monoisotopic (exact) mass is 361 g/mol. The number of alkyl carbamates (subject to hydrolysis) is 1. The van der Waals surface area contributed by atoms with Crippen LogP contribution in [0, 0.1) is 0 Å². The van der Waals surface area contributed by atoms with Crippen LogP contribution in [0.5, 0.6) is 5.75 Å². The molecule has 0 aromatic heterocycles. The summed E-state index contributed by atoms with van der Waals surface area (Å²) < 4.78 is 5.03. The molecule has 132 valence electrons. The van der Waals surface area contributed by atoms with E-state index in [1.54, 1.807) is 18.2 Å². The van der Waals surface area contributed by atoms with Crippen LogP contribution in [-0.4, -0.2) is 34.1 Å². The van der Waals surface area contributed by atoms with E-state index in [-0.39, 0.29) is 18.1 Å². The first-order valence-corrected chi connectivity index (χ1v) is 8.76. The lowest BCUT2D eigenvalue weighted by Gasteiger charge is -2.14. The Bertz CT molecular complexity index is 708. The molecule has 25 heavy (non-hydrogen) atoms. The number of carbonyl (C=O) groups is 2. The molecular formula is C18H19NO5S. The maximum atomic E-state index is 11.8. The fraction of sp³-hybridized carbons (Fsp3) is 0.222. The minimum atomic E-state index is -1.12. The molecule has 3 N–H and O–H groups in total. The molecule has 0 radical (unpaired) electrons. The smallest absolute Gasteiger partial charge is 0.408 e. The predicted molar refractivity (Wildman–Crippen MR) is 95.5 cm³/mol. The Kier molecular flexibility index (Phi) is 7.16. The van der Waals surface area contributed by atoms with Gasteiger partial charge in [-0.15, -0.1) is 0 Å². The predicted octanol–water partition coefficient (Wildman–Crippen LogP) is 3.01. The molecule has 0 aliphatic rings. The molecule has 0 aliphatic heterocycles. The number of aromatic hydroxyl groups is 1. The van der Waals surface area contributed by atoms with Crippen LogP contribution in [0.1, 0.15) is 11.1 Å². The van der Waals surface area contributed by atoms with E-state index >= 15 is 0 Å². The molecule has 2 aromatic rings. The van der Waals surface area contributed by atoms with E-state index < -0.39 is 18.1 Å². The van der Waals surface area contributed by atoms with E-state index in [4.69, 9.17) is 4.74 Å². The summed E-state index contributed by atoms with van der Waals surface area (Å²) >= 11 is 1.35. The van der Waals surface area contributed by atoms with E-state index in [2.05, 4.69) is 5.32 Å². The maximum absolute atomic E-state index is 11.8. The van der Waals surface area contributed by atoms with Gasteiger partial charge >= 0.3 is 12.1 Å². The molecule has 0 bridgehead atoms. The van der Waals surface area contributed by atoms with Crippen LogP contribution < -0.4 is 5.32 Å². The Morgan fingerprint density at radius 3 is 2.48 bits per heavy atom. The van der Waals surface area contributed by atoms with Crippen molar-refractivity contribution in [2.24, 2.45) is 0 Å². The quantitative estimate of drug-likeness (QED) is 0.669. The third kappa shape index (κ3) is 6.76. The van der Waals surface area contributed by atoms with Crippen LogP contribution in [0.2, 0.25) is 0 Å². The van der Waals surface area contributed by atoms with Crippen molar-refractivity contribution in [3.05, 3.63) is 65.7 Å². The van der Waals surface area contributed by atoms with Crippen molar-refractivity contribution in [1.82, 2.24) is 5.32 Å². The van der Waals surface area contributed by atoms with Gasteiger partial charge in [0.1, 0.15) is 18.4 Å². The molecule has 6 nitrogen and oxygen atoms in total. The molecule has 0 saturated carbocycles. The number of phenols is 1. The zero-order valence-corrected chi connectivity index (χ0v) is 14.2. The molecule has 0 spiro atoms. The highest BCUT2D eigenvalue weighted by molar-refractivity contribution is 7.98. The molecule has 0 aliphatic carbocycles. The number of phenolic OH excluding ortho intramolecular Hbond substituents is 1. The summed E-state index contributed by atoms with van der Waals surface area (Å²) in [5.41, 5.74) is 1.70. The van der Waals surface area contributed by atoms with Crippen LogP contribution in [0.3, 0.4) is 0 Å². The molecule has 0 fully saturated rings. The molecule has 2 rings (SSSR count). The van der Waals surface area contributed by atoms with Crippen LogP contribution in [-0.2, 0) is 21.9 Å². The summed E-state index contributed by atoms with van der Waals surface area (Å²) in [5.74, 6) is -0.250. The topological polar surface area (TPSA) is 95.9 Å². The Hall–Kier alpha value is -2.67. The van der Waals surface area contributed by atoms with Crippen molar-refractivity contribution >= 4 is 23.8 Å². The average Bonchev–Trinajstić information content (AvgIpc) is 2.60.